The summed E-state index contributed by atoms with van der Waals surface area (Å²) in [6, 6.07) is 6.13. The molecule has 178 valence electrons. The molecule has 1 N–H and O–H groups in total. The van der Waals surface area contributed by atoms with Crippen LogP contribution in [-0.4, -0.2) is 47.9 Å². The van der Waals surface area contributed by atoms with E-state index in [0.717, 1.165) is 41.2 Å². The molecule has 5 rings (SSSR count). The van der Waals surface area contributed by atoms with Crippen molar-refractivity contribution in [2.75, 3.05) is 24.7 Å². The fourth-order valence-electron chi connectivity index (χ4n) is 3.87. The number of carbonyl (C=O) groups is 1. The standard InChI is InChI=1S/C21H18F2N4O3S4/c1-31-21-25-15-5-4-14-17(18(15)33-21)32-20(24-14)26-19(28)11-6-8-27(9-7-11)34(29,30)16-10-12(22)2-3-13(16)23/h2-5,10-11H,6-9H2,1H3,(H,24,26,28). The average molecular weight is 541 g/mol. The molecule has 0 atom stereocenters. The minimum Gasteiger partial charge on any atom is -0.302 e. The summed E-state index contributed by atoms with van der Waals surface area (Å²) in [4.78, 5) is 21.2. The summed E-state index contributed by atoms with van der Waals surface area (Å²) in [7, 11) is -4.19. The molecule has 13 heteroatoms. The number of piperidine rings is 1. The van der Waals surface area contributed by atoms with Crippen LogP contribution in [0.4, 0.5) is 13.9 Å². The Bertz CT molecular complexity index is 1510. The van der Waals surface area contributed by atoms with Crippen LogP contribution in [0.15, 0.2) is 39.6 Å². The van der Waals surface area contributed by atoms with Gasteiger partial charge in [0.25, 0.3) is 0 Å². The maximum absolute atomic E-state index is 14.0. The van der Waals surface area contributed by atoms with Crippen LogP contribution in [0, 0.1) is 17.6 Å². The molecule has 7 nitrogen and oxygen atoms in total. The third-order valence-corrected chi connectivity index (χ3v) is 10.8. The molecule has 1 saturated heterocycles. The lowest BCUT2D eigenvalue weighted by atomic mass is 9.97. The number of sulfonamides is 1. The molecule has 0 aliphatic carbocycles. The van der Waals surface area contributed by atoms with Gasteiger partial charge in [-0.15, -0.1) is 11.3 Å². The summed E-state index contributed by atoms with van der Waals surface area (Å²) >= 11 is 4.55. The maximum Gasteiger partial charge on any atom is 0.246 e. The van der Waals surface area contributed by atoms with E-state index < -0.39 is 32.5 Å². The van der Waals surface area contributed by atoms with Gasteiger partial charge in [-0.1, -0.05) is 23.1 Å². The first kappa shape index (κ1) is 23.5. The molecule has 1 fully saturated rings. The third kappa shape index (κ3) is 4.31. The van der Waals surface area contributed by atoms with E-state index in [4.69, 9.17) is 0 Å². The summed E-state index contributed by atoms with van der Waals surface area (Å²) in [5.41, 5.74) is 1.67. The first-order chi connectivity index (χ1) is 16.3. The van der Waals surface area contributed by atoms with E-state index in [0.29, 0.717) is 11.2 Å². The van der Waals surface area contributed by atoms with Gasteiger partial charge in [0.1, 0.15) is 16.5 Å². The van der Waals surface area contributed by atoms with Crippen molar-refractivity contribution in [3.8, 4) is 0 Å². The van der Waals surface area contributed by atoms with Gasteiger partial charge < -0.3 is 5.32 Å². The lowest BCUT2D eigenvalue weighted by Crippen LogP contribution is -2.41. The zero-order valence-electron chi connectivity index (χ0n) is 17.7. The number of aromatic nitrogens is 2. The Morgan fingerprint density at radius 2 is 1.76 bits per heavy atom. The SMILES string of the molecule is CSc1nc2ccc3nc(NC(=O)C4CCN(S(=O)(=O)c5cc(F)ccc5F)CC4)sc3c2s1. The number of rotatable bonds is 5. The van der Waals surface area contributed by atoms with Crippen molar-refractivity contribution in [3.63, 3.8) is 0 Å². The number of halogens is 2. The molecule has 0 spiro atoms. The molecule has 0 bridgehead atoms. The summed E-state index contributed by atoms with van der Waals surface area (Å²) < 4.78 is 57.1. The lowest BCUT2D eigenvalue weighted by molar-refractivity contribution is -0.120. The van der Waals surface area contributed by atoms with Gasteiger partial charge >= 0.3 is 0 Å². The Balaban J connectivity index is 1.28. The minimum atomic E-state index is -4.19. The average Bonchev–Trinajstić information content (AvgIpc) is 3.43. The van der Waals surface area contributed by atoms with Crippen LogP contribution in [0.1, 0.15) is 12.8 Å². The van der Waals surface area contributed by atoms with Crippen LogP contribution >= 0.6 is 34.4 Å². The summed E-state index contributed by atoms with van der Waals surface area (Å²) in [6.45, 7) is 0.0737. The normalized spacial score (nSPS) is 15.9. The first-order valence-electron chi connectivity index (χ1n) is 10.3. The molecule has 2 aromatic heterocycles. The molecule has 1 aliphatic heterocycles. The Morgan fingerprint density at radius 3 is 2.47 bits per heavy atom. The van der Waals surface area contributed by atoms with E-state index in [-0.39, 0.29) is 31.8 Å². The molecule has 34 heavy (non-hydrogen) atoms. The van der Waals surface area contributed by atoms with Gasteiger partial charge in [-0.25, -0.2) is 27.2 Å². The van der Waals surface area contributed by atoms with Crippen LogP contribution in [0.25, 0.3) is 20.4 Å². The molecular weight excluding hydrogens is 523 g/mol. The molecule has 0 unspecified atom stereocenters. The number of hydrogen-bond acceptors (Lipinski definition) is 8. The monoisotopic (exact) mass is 540 g/mol. The predicted molar refractivity (Wildman–Crippen MR) is 131 cm³/mol. The molecule has 1 amide bonds. The van der Waals surface area contributed by atoms with Crippen LogP contribution in [0.5, 0.6) is 0 Å². The number of benzene rings is 2. The van der Waals surface area contributed by atoms with Gasteiger partial charge in [-0.3, -0.25) is 4.79 Å². The minimum absolute atomic E-state index is 0.0369. The number of thiazole rings is 2. The van der Waals surface area contributed by atoms with Crippen molar-refractivity contribution in [2.45, 2.75) is 22.1 Å². The van der Waals surface area contributed by atoms with E-state index in [2.05, 4.69) is 15.3 Å². The number of nitrogens with one attached hydrogen (secondary N) is 1. The van der Waals surface area contributed by atoms with E-state index in [1.54, 1.807) is 23.1 Å². The summed E-state index contributed by atoms with van der Waals surface area (Å²) in [6.07, 6.45) is 2.50. The molecule has 3 heterocycles. The Kier molecular flexibility index (Phi) is 6.31. The Hall–Kier alpha value is -2.19. The van der Waals surface area contributed by atoms with E-state index in [1.807, 2.05) is 18.4 Å². The topological polar surface area (TPSA) is 92.3 Å². The largest absolute Gasteiger partial charge is 0.302 e. The van der Waals surface area contributed by atoms with Gasteiger partial charge in [0.2, 0.25) is 15.9 Å². The fraction of sp³-hybridized carbons (Fsp3) is 0.286. The van der Waals surface area contributed by atoms with Gasteiger partial charge in [-0.2, -0.15) is 4.31 Å². The van der Waals surface area contributed by atoms with E-state index in [9.17, 15) is 22.0 Å². The zero-order valence-corrected chi connectivity index (χ0v) is 21.0. The zero-order chi connectivity index (χ0) is 24.0. The molecule has 0 radical (unpaired) electrons. The van der Waals surface area contributed by atoms with Crippen molar-refractivity contribution in [2.24, 2.45) is 5.92 Å². The number of carbonyl (C=O) groups excluding carboxylic acids is 1. The van der Waals surface area contributed by atoms with Gasteiger partial charge in [0.15, 0.2) is 9.47 Å². The Morgan fingerprint density at radius 1 is 1.09 bits per heavy atom. The lowest BCUT2D eigenvalue weighted by Gasteiger charge is -2.30. The molecule has 0 saturated carbocycles. The molecule has 4 aromatic rings. The molecule has 1 aliphatic rings. The smallest absolute Gasteiger partial charge is 0.246 e. The molecular formula is C21H18F2N4O3S4. The predicted octanol–water partition coefficient (Wildman–Crippen LogP) is 4.95. The van der Waals surface area contributed by atoms with Crippen LogP contribution in [0.3, 0.4) is 0 Å². The number of hydrogen-bond donors (Lipinski definition) is 1. The van der Waals surface area contributed by atoms with Gasteiger partial charge in [-0.05, 0) is 49.4 Å². The highest BCUT2D eigenvalue weighted by Gasteiger charge is 2.34. The molecule has 2 aromatic carbocycles. The summed E-state index contributed by atoms with van der Waals surface area (Å²) in [5, 5.41) is 3.33. The quantitative estimate of drug-likeness (QED) is 0.361. The van der Waals surface area contributed by atoms with Crippen LogP contribution in [-0.2, 0) is 14.8 Å². The van der Waals surface area contributed by atoms with Crippen molar-refractivity contribution >= 4 is 75.9 Å². The first-order valence-corrected chi connectivity index (χ1v) is 14.6. The number of anilines is 1. The number of nitrogens with zero attached hydrogens (tertiary/aromatic N) is 3. The van der Waals surface area contributed by atoms with E-state index in [1.165, 1.54) is 11.3 Å². The fourth-order valence-corrected chi connectivity index (χ4v) is 8.08. The van der Waals surface area contributed by atoms with Crippen molar-refractivity contribution in [3.05, 3.63) is 42.0 Å². The third-order valence-electron chi connectivity index (χ3n) is 5.63. The highest BCUT2D eigenvalue weighted by molar-refractivity contribution is 8.00. The van der Waals surface area contributed by atoms with Gasteiger partial charge in [0, 0.05) is 19.0 Å². The number of fused-ring (bicyclic) bond motifs is 3. The Labute approximate surface area is 206 Å². The second kappa shape index (κ2) is 9.11. The second-order valence-electron chi connectivity index (χ2n) is 7.71. The van der Waals surface area contributed by atoms with Crippen molar-refractivity contribution in [1.82, 2.24) is 14.3 Å². The van der Waals surface area contributed by atoms with Crippen molar-refractivity contribution < 1.29 is 22.0 Å². The van der Waals surface area contributed by atoms with E-state index >= 15 is 0 Å². The van der Waals surface area contributed by atoms with Crippen LogP contribution < -0.4 is 5.32 Å². The highest BCUT2D eigenvalue weighted by atomic mass is 32.2. The highest BCUT2D eigenvalue weighted by Crippen LogP contribution is 2.38. The number of amides is 1. The summed E-state index contributed by atoms with van der Waals surface area (Å²) in [5.74, 6) is -2.48. The second-order valence-corrected chi connectivity index (χ2v) is 12.7. The number of thioether (sulfide) groups is 1. The van der Waals surface area contributed by atoms with Crippen LogP contribution in [0.2, 0.25) is 0 Å². The van der Waals surface area contributed by atoms with Gasteiger partial charge in [0.05, 0.1) is 20.4 Å². The van der Waals surface area contributed by atoms with Crippen molar-refractivity contribution in [1.29, 1.82) is 0 Å². The maximum atomic E-state index is 14.0.